The topological polar surface area (TPSA) is 78.4 Å². The molecule has 3 N–H and O–H groups in total. The first-order chi connectivity index (χ1) is 5.27. The fraction of sp³-hybridized carbons (Fsp3) is 0.667. The van der Waals surface area contributed by atoms with Crippen LogP contribution in [0.1, 0.15) is 12.8 Å². The van der Waals surface area contributed by atoms with Crippen LogP contribution in [0.15, 0.2) is 0 Å². The minimum Gasteiger partial charge on any atom is -0.465 e. The molecule has 0 unspecified atom stereocenters. The van der Waals surface area contributed by atoms with Gasteiger partial charge in [0.1, 0.15) is 0 Å². The Morgan fingerprint density at radius 3 is 2.55 bits per heavy atom. The molecule has 0 aromatic carbocycles. The van der Waals surface area contributed by atoms with Crippen molar-refractivity contribution in [3.8, 4) is 0 Å². The van der Waals surface area contributed by atoms with Crippen molar-refractivity contribution in [1.82, 2.24) is 10.6 Å². The molecule has 0 radical (unpaired) electrons. The molecule has 0 aromatic rings. The number of hydrogen-bond acceptors (Lipinski definition) is 2. The van der Waals surface area contributed by atoms with Crippen LogP contribution in [0.2, 0.25) is 0 Å². The van der Waals surface area contributed by atoms with Crippen LogP contribution in [0.4, 0.5) is 4.79 Å². The number of carboxylic acid groups (broad SMARTS) is 1. The molecule has 0 bridgehead atoms. The summed E-state index contributed by atoms with van der Waals surface area (Å²) in [5, 5.41) is 12.8. The van der Waals surface area contributed by atoms with Gasteiger partial charge in [-0.2, -0.15) is 0 Å². The normalized spacial score (nSPS) is 8.73. The molecule has 0 aliphatic rings. The van der Waals surface area contributed by atoms with Gasteiger partial charge in [-0.15, -0.1) is 0 Å². The second-order valence-corrected chi connectivity index (χ2v) is 2.01. The lowest BCUT2D eigenvalue weighted by atomic mass is 10.3. The van der Waals surface area contributed by atoms with Gasteiger partial charge in [0.15, 0.2) is 0 Å². The van der Waals surface area contributed by atoms with E-state index in [1.54, 1.807) is 0 Å². The Balaban J connectivity index is 2.90. The molecular formula is C6H12N2O3. The van der Waals surface area contributed by atoms with Crippen LogP contribution in [0.5, 0.6) is 0 Å². The molecule has 0 aliphatic carbocycles. The highest BCUT2D eigenvalue weighted by molar-refractivity contribution is 5.64. The van der Waals surface area contributed by atoms with E-state index in [0.29, 0.717) is 19.5 Å². The van der Waals surface area contributed by atoms with Crippen molar-refractivity contribution in [2.75, 3.05) is 13.1 Å². The van der Waals surface area contributed by atoms with E-state index < -0.39 is 6.09 Å². The third-order valence-corrected chi connectivity index (χ3v) is 1.11. The van der Waals surface area contributed by atoms with Gasteiger partial charge in [-0.25, -0.2) is 4.79 Å². The number of carbonyl (C=O) groups excluding carboxylic acids is 1. The van der Waals surface area contributed by atoms with Gasteiger partial charge < -0.3 is 15.7 Å². The second-order valence-electron chi connectivity index (χ2n) is 2.01. The smallest absolute Gasteiger partial charge is 0.404 e. The predicted molar refractivity (Wildman–Crippen MR) is 39.3 cm³/mol. The van der Waals surface area contributed by atoms with Crippen LogP contribution < -0.4 is 10.6 Å². The lowest BCUT2D eigenvalue weighted by molar-refractivity contribution is -0.109. The van der Waals surface area contributed by atoms with E-state index in [1.807, 2.05) is 0 Å². The van der Waals surface area contributed by atoms with Gasteiger partial charge in [0.25, 0.3) is 0 Å². The molecule has 0 saturated heterocycles. The van der Waals surface area contributed by atoms with Crippen LogP contribution in [0.25, 0.3) is 0 Å². The van der Waals surface area contributed by atoms with Gasteiger partial charge in [0.05, 0.1) is 0 Å². The maximum Gasteiger partial charge on any atom is 0.404 e. The zero-order valence-electron chi connectivity index (χ0n) is 6.17. The molecule has 0 spiro atoms. The lowest BCUT2D eigenvalue weighted by Crippen LogP contribution is -2.22. The van der Waals surface area contributed by atoms with Crippen LogP contribution in [0, 0.1) is 0 Å². The fourth-order valence-electron chi connectivity index (χ4n) is 0.606. The highest BCUT2D eigenvalue weighted by Gasteiger charge is 1.91. The predicted octanol–water partition coefficient (Wildman–Crippen LogP) is -0.220. The average molecular weight is 160 g/mol. The summed E-state index contributed by atoms with van der Waals surface area (Å²) in [4.78, 5) is 19.6. The molecule has 0 atom stereocenters. The molecule has 0 aliphatic heterocycles. The van der Waals surface area contributed by atoms with Gasteiger partial charge in [0, 0.05) is 13.1 Å². The minimum absolute atomic E-state index is 0.440. The van der Waals surface area contributed by atoms with Gasteiger partial charge in [0.2, 0.25) is 6.41 Å². The SMILES string of the molecule is O=CNCCCCNC(=O)O. The van der Waals surface area contributed by atoms with Crippen LogP contribution in [-0.2, 0) is 4.79 Å². The van der Waals surface area contributed by atoms with Gasteiger partial charge in [-0.1, -0.05) is 0 Å². The third-order valence-electron chi connectivity index (χ3n) is 1.11. The van der Waals surface area contributed by atoms with Gasteiger partial charge >= 0.3 is 6.09 Å². The van der Waals surface area contributed by atoms with Crippen molar-refractivity contribution in [2.24, 2.45) is 0 Å². The molecule has 11 heavy (non-hydrogen) atoms. The van der Waals surface area contributed by atoms with Crippen LogP contribution in [0.3, 0.4) is 0 Å². The van der Waals surface area contributed by atoms with Crippen molar-refractivity contribution in [2.45, 2.75) is 12.8 Å². The Hall–Kier alpha value is -1.26. The maximum absolute atomic E-state index is 9.91. The van der Waals surface area contributed by atoms with E-state index in [2.05, 4.69) is 10.6 Å². The molecular weight excluding hydrogens is 148 g/mol. The highest BCUT2D eigenvalue weighted by atomic mass is 16.4. The van der Waals surface area contributed by atoms with Crippen molar-refractivity contribution >= 4 is 12.5 Å². The van der Waals surface area contributed by atoms with Crippen molar-refractivity contribution in [1.29, 1.82) is 0 Å². The standard InChI is InChI=1S/C6H12N2O3/c9-5-7-3-1-2-4-8-6(10)11/h5,8H,1-4H2,(H,7,9)(H,10,11). The Kier molecular flexibility index (Phi) is 6.07. The van der Waals surface area contributed by atoms with Crippen molar-refractivity contribution in [3.63, 3.8) is 0 Å². The number of hydrogen-bond donors (Lipinski definition) is 3. The minimum atomic E-state index is -1.01. The summed E-state index contributed by atoms with van der Waals surface area (Å²) in [7, 11) is 0. The summed E-state index contributed by atoms with van der Waals surface area (Å²) in [6.07, 6.45) is 1.16. The summed E-state index contributed by atoms with van der Waals surface area (Å²) >= 11 is 0. The summed E-state index contributed by atoms with van der Waals surface area (Å²) in [6, 6.07) is 0. The molecule has 64 valence electrons. The van der Waals surface area contributed by atoms with Crippen LogP contribution >= 0.6 is 0 Å². The molecule has 0 aromatic heterocycles. The average Bonchev–Trinajstić information content (AvgIpc) is 1.96. The first-order valence-electron chi connectivity index (χ1n) is 3.41. The summed E-state index contributed by atoms with van der Waals surface area (Å²) in [5.74, 6) is 0. The van der Waals surface area contributed by atoms with Crippen LogP contribution in [-0.4, -0.2) is 30.7 Å². The zero-order chi connectivity index (χ0) is 8.53. The summed E-state index contributed by atoms with van der Waals surface area (Å²) < 4.78 is 0. The molecule has 5 heteroatoms. The first kappa shape index (κ1) is 9.74. The zero-order valence-corrected chi connectivity index (χ0v) is 6.17. The van der Waals surface area contributed by atoms with E-state index in [1.165, 1.54) is 0 Å². The number of rotatable bonds is 6. The molecule has 0 rings (SSSR count). The highest BCUT2D eigenvalue weighted by Crippen LogP contribution is 1.82. The van der Waals surface area contributed by atoms with E-state index in [-0.39, 0.29) is 0 Å². The Morgan fingerprint density at radius 1 is 1.36 bits per heavy atom. The molecule has 0 saturated carbocycles. The number of nitrogens with one attached hydrogen (secondary N) is 2. The van der Waals surface area contributed by atoms with E-state index in [9.17, 15) is 9.59 Å². The monoisotopic (exact) mass is 160 g/mol. The molecule has 2 amide bonds. The van der Waals surface area contributed by atoms with E-state index >= 15 is 0 Å². The second kappa shape index (κ2) is 6.85. The fourth-order valence-corrected chi connectivity index (χ4v) is 0.606. The van der Waals surface area contributed by atoms with E-state index in [4.69, 9.17) is 5.11 Å². The molecule has 0 heterocycles. The van der Waals surface area contributed by atoms with Crippen molar-refractivity contribution in [3.05, 3.63) is 0 Å². The first-order valence-corrected chi connectivity index (χ1v) is 3.41. The van der Waals surface area contributed by atoms with Gasteiger partial charge in [-0.3, -0.25) is 4.79 Å². The number of unbranched alkanes of at least 4 members (excludes halogenated alkanes) is 1. The quantitative estimate of drug-likeness (QED) is 0.371. The third kappa shape index (κ3) is 8.74. The Morgan fingerprint density at radius 2 is 2.00 bits per heavy atom. The number of carbonyl (C=O) groups is 2. The Labute approximate surface area is 64.8 Å². The maximum atomic E-state index is 9.91. The summed E-state index contributed by atoms with van der Waals surface area (Å²) in [5.41, 5.74) is 0. The largest absolute Gasteiger partial charge is 0.465 e. The molecule has 0 fully saturated rings. The Bertz CT molecular complexity index is 127. The number of amides is 2. The lowest BCUT2D eigenvalue weighted by Gasteiger charge is -1.99. The van der Waals surface area contributed by atoms with Gasteiger partial charge in [-0.05, 0) is 12.8 Å². The summed E-state index contributed by atoms with van der Waals surface area (Å²) in [6.45, 7) is 1.04. The van der Waals surface area contributed by atoms with Crippen molar-refractivity contribution < 1.29 is 14.7 Å². The molecule has 5 nitrogen and oxygen atoms in total. The van der Waals surface area contributed by atoms with E-state index in [0.717, 1.165) is 12.8 Å².